The summed E-state index contributed by atoms with van der Waals surface area (Å²) in [7, 11) is 0. The number of piperidine rings is 1. The number of anilines is 2. The first kappa shape index (κ1) is 16.7. The molecule has 2 heterocycles. The van der Waals surface area contributed by atoms with Gasteiger partial charge in [0.15, 0.2) is 5.13 Å². The molecule has 0 radical (unpaired) electrons. The van der Waals surface area contributed by atoms with Crippen molar-refractivity contribution in [1.29, 1.82) is 0 Å². The van der Waals surface area contributed by atoms with Gasteiger partial charge in [0, 0.05) is 18.8 Å². The Kier molecular flexibility index (Phi) is 5.21. The number of fused-ring (bicyclic) bond motifs is 1. The zero-order valence-corrected chi connectivity index (χ0v) is 15.9. The third-order valence-corrected chi connectivity index (χ3v) is 6.57. The maximum atomic E-state index is 12.1. The van der Waals surface area contributed by atoms with Gasteiger partial charge < -0.3 is 10.2 Å². The number of carbonyl (C=O) groups excluding carboxylic acids is 1. The molecule has 1 atom stereocenters. The summed E-state index contributed by atoms with van der Waals surface area (Å²) in [6.07, 6.45) is 3.87. The van der Waals surface area contributed by atoms with Crippen molar-refractivity contribution in [2.24, 2.45) is 5.92 Å². The highest BCUT2D eigenvalue weighted by molar-refractivity contribution is 9.10. The van der Waals surface area contributed by atoms with Crippen LogP contribution in [0.2, 0.25) is 0 Å². The molecule has 0 unspecified atom stereocenters. The van der Waals surface area contributed by atoms with E-state index in [0.717, 1.165) is 23.3 Å². The van der Waals surface area contributed by atoms with Crippen LogP contribution < -0.4 is 10.2 Å². The highest BCUT2D eigenvalue weighted by Crippen LogP contribution is 2.31. The second-order valence-electron chi connectivity index (χ2n) is 6.35. The molecule has 0 saturated carbocycles. The number of nitrogens with one attached hydrogen (secondary N) is 1. The van der Waals surface area contributed by atoms with E-state index >= 15 is 0 Å². The fraction of sp³-hybridized carbons (Fsp3) is 0.529. The fourth-order valence-corrected chi connectivity index (χ4v) is 3.81. The average molecular weight is 396 g/mol. The predicted molar refractivity (Wildman–Crippen MR) is 102 cm³/mol. The molecule has 0 aliphatic carbocycles. The number of nitrogens with zero attached hydrogens (tertiary/aromatic N) is 2. The van der Waals surface area contributed by atoms with Crippen molar-refractivity contribution in [3.8, 4) is 0 Å². The van der Waals surface area contributed by atoms with E-state index in [4.69, 9.17) is 0 Å². The van der Waals surface area contributed by atoms with Crippen LogP contribution in [0, 0.1) is 5.92 Å². The number of aromatic nitrogens is 1. The first-order valence-corrected chi connectivity index (χ1v) is 9.88. The van der Waals surface area contributed by atoms with E-state index in [0.29, 0.717) is 5.13 Å². The number of hydrogen-bond donors (Lipinski definition) is 1. The average Bonchev–Trinajstić information content (AvgIpc) is 2.95. The van der Waals surface area contributed by atoms with E-state index in [1.807, 2.05) is 13.8 Å². The molecular formula is C17H22BrN3OS. The Bertz CT molecular complexity index is 694. The number of benzene rings is 1. The van der Waals surface area contributed by atoms with E-state index in [2.05, 4.69) is 49.3 Å². The number of thiazole rings is 1. The van der Waals surface area contributed by atoms with Crippen LogP contribution in [-0.2, 0) is 4.79 Å². The van der Waals surface area contributed by atoms with E-state index in [1.165, 1.54) is 24.9 Å². The lowest BCUT2D eigenvalue weighted by Crippen LogP contribution is -2.29. The van der Waals surface area contributed by atoms with Crippen LogP contribution in [0.3, 0.4) is 0 Å². The minimum Gasteiger partial charge on any atom is -0.371 e. The second kappa shape index (κ2) is 7.18. The van der Waals surface area contributed by atoms with Gasteiger partial charge in [0.1, 0.15) is 0 Å². The maximum Gasteiger partial charge on any atom is 0.240 e. The Morgan fingerprint density at radius 1 is 1.30 bits per heavy atom. The Morgan fingerprint density at radius 2 is 2.04 bits per heavy atom. The first-order chi connectivity index (χ1) is 11.0. The molecule has 1 saturated heterocycles. The second-order valence-corrected chi connectivity index (χ2v) is 8.37. The lowest BCUT2D eigenvalue weighted by atomic mass is 10.1. The van der Waals surface area contributed by atoms with Gasteiger partial charge in [0.25, 0.3) is 0 Å². The minimum absolute atomic E-state index is 0.0321. The smallest absolute Gasteiger partial charge is 0.240 e. The minimum atomic E-state index is -0.196. The van der Waals surface area contributed by atoms with Crippen LogP contribution in [-0.4, -0.2) is 28.8 Å². The fourth-order valence-electron chi connectivity index (χ4n) is 2.79. The quantitative estimate of drug-likeness (QED) is 0.766. The monoisotopic (exact) mass is 395 g/mol. The first-order valence-electron chi connectivity index (χ1n) is 8.15. The third kappa shape index (κ3) is 3.86. The van der Waals surface area contributed by atoms with Gasteiger partial charge in [-0.05, 0) is 43.4 Å². The lowest BCUT2D eigenvalue weighted by molar-refractivity contribution is -0.116. The van der Waals surface area contributed by atoms with Gasteiger partial charge in [-0.25, -0.2) is 4.98 Å². The van der Waals surface area contributed by atoms with E-state index in [9.17, 15) is 4.79 Å². The molecule has 1 aliphatic rings. The molecule has 23 heavy (non-hydrogen) atoms. The van der Waals surface area contributed by atoms with Crippen molar-refractivity contribution in [3.05, 3.63) is 18.2 Å². The molecule has 3 rings (SSSR count). The highest BCUT2D eigenvalue weighted by Gasteiger charge is 2.20. The molecule has 1 fully saturated rings. The van der Waals surface area contributed by atoms with Gasteiger partial charge in [-0.1, -0.05) is 41.1 Å². The van der Waals surface area contributed by atoms with Crippen LogP contribution >= 0.6 is 27.3 Å². The van der Waals surface area contributed by atoms with Gasteiger partial charge in [-0.3, -0.25) is 4.79 Å². The number of carbonyl (C=O) groups is 1. The molecule has 1 aromatic carbocycles. The summed E-state index contributed by atoms with van der Waals surface area (Å²) < 4.78 is 1.12. The standard InChI is InChI=1S/C17H22BrN3OS/c1-11(2)15(18)16(22)20-17-19-13-7-6-12(10-14(13)23-17)21-8-4-3-5-9-21/h6-7,10-11,15H,3-5,8-9H2,1-2H3,(H,19,20,22)/t15-/m1/s1. The van der Waals surface area contributed by atoms with Crippen molar-refractivity contribution >= 4 is 54.2 Å². The summed E-state index contributed by atoms with van der Waals surface area (Å²) in [6, 6.07) is 6.39. The molecule has 4 nitrogen and oxygen atoms in total. The Morgan fingerprint density at radius 3 is 2.74 bits per heavy atom. The Labute approximate surface area is 149 Å². The molecule has 0 bridgehead atoms. The Balaban J connectivity index is 1.77. The molecule has 1 N–H and O–H groups in total. The van der Waals surface area contributed by atoms with Gasteiger partial charge in [0.05, 0.1) is 15.0 Å². The van der Waals surface area contributed by atoms with Crippen molar-refractivity contribution in [2.45, 2.75) is 37.9 Å². The van der Waals surface area contributed by atoms with Crippen LogP contribution in [0.25, 0.3) is 10.2 Å². The van der Waals surface area contributed by atoms with Crippen molar-refractivity contribution in [1.82, 2.24) is 4.98 Å². The molecular weight excluding hydrogens is 374 g/mol. The molecule has 124 valence electrons. The van der Waals surface area contributed by atoms with E-state index in [-0.39, 0.29) is 16.7 Å². The number of hydrogen-bond acceptors (Lipinski definition) is 4. The summed E-state index contributed by atoms with van der Waals surface area (Å²) >= 11 is 4.97. The molecule has 1 aromatic heterocycles. The van der Waals surface area contributed by atoms with Gasteiger partial charge in [0.2, 0.25) is 5.91 Å². The normalized spacial score (nSPS) is 16.8. The number of amides is 1. The Hall–Kier alpha value is -1.14. The van der Waals surface area contributed by atoms with Crippen molar-refractivity contribution in [3.63, 3.8) is 0 Å². The van der Waals surface area contributed by atoms with Crippen LogP contribution in [0.5, 0.6) is 0 Å². The number of alkyl halides is 1. The number of rotatable bonds is 4. The maximum absolute atomic E-state index is 12.1. The van der Waals surface area contributed by atoms with Gasteiger partial charge in [-0.2, -0.15) is 0 Å². The van der Waals surface area contributed by atoms with Crippen LogP contribution in [0.1, 0.15) is 33.1 Å². The van der Waals surface area contributed by atoms with Crippen LogP contribution in [0.4, 0.5) is 10.8 Å². The topological polar surface area (TPSA) is 45.2 Å². The van der Waals surface area contributed by atoms with Gasteiger partial charge in [-0.15, -0.1) is 0 Å². The van der Waals surface area contributed by atoms with Crippen LogP contribution in [0.15, 0.2) is 18.2 Å². The molecule has 6 heteroatoms. The summed E-state index contributed by atoms with van der Waals surface area (Å²) in [5, 5.41) is 3.59. The molecule has 2 aromatic rings. The van der Waals surface area contributed by atoms with E-state index < -0.39 is 0 Å². The third-order valence-electron chi connectivity index (χ3n) is 4.16. The zero-order chi connectivity index (χ0) is 16.4. The zero-order valence-electron chi connectivity index (χ0n) is 13.5. The lowest BCUT2D eigenvalue weighted by Gasteiger charge is -2.28. The molecule has 1 amide bonds. The summed E-state index contributed by atoms with van der Waals surface area (Å²) in [5.41, 5.74) is 2.21. The highest BCUT2D eigenvalue weighted by atomic mass is 79.9. The van der Waals surface area contributed by atoms with Crippen molar-refractivity contribution in [2.75, 3.05) is 23.3 Å². The summed E-state index contributed by atoms with van der Waals surface area (Å²) in [5.74, 6) is 0.213. The summed E-state index contributed by atoms with van der Waals surface area (Å²) in [6.45, 7) is 6.30. The molecule has 1 aliphatic heterocycles. The largest absolute Gasteiger partial charge is 0.371 e. The van der Waals surface area contributed by atoms with Gasteiger partial charge >= 0.3 is 0 Å². The number of halogens is 1. The van der Waals surface area contributed by atoms with Crippen molar-refractivity contribution < 1.29 is 4.79 Å². The van der Waals surface area contributed by atoms with E-state index in [1.54, 1.807) is 11.3 Å². The SMILES string of the molecule is CC(C)[C@@H](Br)C(=O)Nc1nc2ccc(N3CCCCC3)cc2s1. The predicted octanol–water partition coefficient (Wildman–Crippen LogP) is 4.64. The molecule has 0 spiro atoms. The summed E-state index contributed by atoms with van der Waals surface area (Å²) in [4.78, 5) is 18.9.